The van der Waals surface area contributed by atoms with Crippen molar-refractivity contribution in [3.63, 3.8) is 0 Å². The van der Waals surface area contributed by atoms with E-state index in [-0.39, 0.29) is 22.9 Å². The van der Waals surface area contributed by atoms with E-state index in [0.717, 1.165) is 6.07 Å². The minimum Gasteiger partial charge on any atom is -0.401 e. The van der Waals surface area contributed by atoms with Crippen LogP contribution in [0.25, 0.3) is 6.08 Å². The summed E-state index contributed by atoms with van der Waals surface area (Å²) in [7, 11) is 0. The van der Waals surface area contributed by atoms with Crippen molar-refractivity contribution in [3.8, 4) is 0 Å². The number of hydrogen-bond acceptors (Lipinski definition) is 7. The fourth-order valence-corrected chi connectivity index (χ4v) is 1.63. The molecule has 0 saturated carbocycles. The summed E-state index contributed by atoms with van der Waals surface area (Å²) in [6.45, 7) is 0. The topological polar surface area (TPSA) is 141 Å². The van der Waals surface area contributed by atoms with Crippen molar-refractivity contribution < 1.29 is 19.1 Å². The average molecular weight is 330 g/mol. The van der Waals surface area contributed by atoms with Gasteiger partial charge in [0.05, 0.1) is 11.0 Å². The maximum atomic E-state index is 11.8. The molecule has 10 nitrogen and oxygen atoms in total. The second-order valence-corrected chi connectivity index (χ2v) is 4.32. The molecule has 0 aliphatic heterocycles. The summed E-state index contributed by atoms with van der Waals surface area (Å²) in [5.41, 5.74) is 2.08. The minimum absolute atomic E-state index is 0.0898. The molecular weight excluding hydrogens is 320 g/mol. The summed E-state index contributed by atoms with van der Waals surface area (Å²) >= 11 is 0. The lowest BCUT2D eigenvalue weighted by atomic mass is 10.2. The summed E-state index contributed by atoms with van der Waals surface area (Å²) in [5, 5.41) is 24.7. The third-order valence-corrected chi connectivity index (χ3v) is 2.70. The van der Waals surface area contributed by atoms with E-state index in [9.17, 15) is 25.0 Å². The SMILES string of the molecule is O=C(N/N=C\C=C\c1ccc([N+](=O)[O-])o1)c1cccc([N+](=O)[O-])c1. The molecular formula is C14H10N4O6. The third kappa shape index (κ3) is 4.34. The summed E-state index contributed by atoms with van der Waals surface area (Å²) in [6, 6.07) is 7.81. The molecule has 0 aliphatic rings. The molecule has 0 fully saturated rings. The van der Waals surface area contributed by atoms with Gasteiger partial charge >= 0.3 is 5.88 Å². The molecule has 0 unspecified atom stereocenters. The number of hydrazone groups is 1. The normalized spacial score (nSPS) is 11.0. The second kappa shape index (κ2) is 7.45. The number of carbonyl (C=O) groups is 1. The van der Waals surface area contributed by atoms with E-state index in [0.29, 0.717) is 0 Å². The van der Waals surface area contributed by atoms with Gasteiger partial charge in [-0.1, -0.05) is 6.07 Å². The van der Waals surface area contributed by atoms with Crippen molar-refractivity contribution in [1.29, 1.82) is 0 Å². The van der Waals surface area contributed by atoms with E-state index >= 15 is 0 Å². The molecule has 0 saturated heterocycles. The smallest absolute Gasteiger partial charge is 0.401 e. The van der Waals surface area contributed by atoms with Gasteiger partial charge in [-0.3, -0.25) is 25.0 Å². The van der Waals surface area contributed by atoms with Gasteiger partial charge in [0.2, 0.25) is 0 Å². The number of non-ortho nitro benzene ring substituents is 1. The average Bonchev–Trinajstić information content (AvgIpc) is 3.03. The van der Waals surface area contributed by atoms with E-state index in [2.05, 4.69) is 10.5 Å². The Labute approximate surface area is 134 Å². The molecule has 0 atom stereocenters. The second-order valence-electron chi connectivity index (χ2n) is 4.32. The molecule has 2 rings (SSSR count). The Bertz CT molecular complexity index is 839. The molecule has 0 aliphatic carbocycles. The van der Waals surface area contributed by atoms with Crippen LogP contribution in [-0.4, -0.2) is 22.0 Å². The van der Waals surface area contributed by atoms with E-state index in [1.165, 1.54) is 48.7 Å². The monoisotopic (exact) mass is 330 g/mol. The summed E-state index contributed by atoms with van der Waals surface area (Å²) in [5.74, 6) is -0.749. The number of hydrogen-bond donors (Lipinski definition) is 1. The van der Waals surface area contributed by atoms with Crippen molar-refractivity contribution in [2.45, 2.75) is 0 Å². The largest absolute Gasteiger partial charge is 0.433 e. The first-order valence-corrected chi connectivity index (χ1v) is 6.46. The molecule has 1 aromatic carbocycles. The van der Waals surface area contributed by atoms with Gasteiger partial charge in [0.1, 0.15) is 10.7 Å². The van der Waals surface area contributed by atoms with E-state index in [1.807, 2.05) is 0 Å². The lowest BCUT2D eigenvalue weighted by molar-refractivity contribution is -0.402. The van der Waals surface area contributed by atoms with Gasteiger partial charge < -0.3 is 4.42 Å². The zero-order valence-electron chi connectivity index (χ0n) is 12.0. The van der Waals surface area contributed by atoms with Crippen LogP contribution in [0, 0.1) is 20.2 Å². The van der Waals surface area contributed by atoms with Crippen LogP contribution in [0.3, 0.4) is 0 Å². The first kappa shape index (κ1) is 16.5. The van der Waals surface area contributed by atoms with Crippen LogP contribution in [0.15, 0.2) is 52.0 Å². The van der Waals surface area contributed by atoms with Crippen molar-refractivity contribution in [3.05, 3.63) is 74.0 Å². The molecule has 24 heavy (non-hydrogen) atoms. The van der Waals surface area contributed by atoms with Gasteiger partial charge in [-0.2, -0.15) is 5.10 Å². The predicted molar refractivity (Wildman–Crippen MR) is 83.5 cm³/mol. The highest BCUT2D eigenvalue weighted by Gasteiger charge is 2.11. The number of benzene rings is 1. The third-order valence-electron chi connectivity index (χ3n) is 2.70. The Hall–Kier alpha value is -3.82. The van der Waals surface area contributed by atoms with Crippen molar-refractivity contribution in [1.82, 2.24) is 5.43 Å². The molecule has 1 amide bonds. The van der Waals surface area contributed by atoms with Crippen LogP contribution in [0.4, 0.5) is 11.6 Å². The Kier molecular flexibility index (Phi) is 5.13. The molecule has 0 spiro atoms. The molecule has 0 radical (unpaired) electrons. The number of nitrogens with zero attached hydrogens (tertiary/aromatic N) is 3. The molecule has 1 N–H and O–H groups in total. The number of allylic oxidation sites excluding steroid dienone is 1. The Morgan fingerprint density at radius 1 is 1.17 bits per heavy atom. The highest BCUT2D eigenvalue weighted by atomic mass is 16.6. The minimum atomic E-state index is -0.662. The molecule has 2 aromatic rings. The maximum Gasteiger partial charge on any atom is 0.433 e. The van der Waals surface area contributed by atoms with Gasteiger partial charge in [0.25, 0.3) is 11.6 Å². The van der Waals surface area contributed by atoms with Crippen LogP contribution < -0.4 is 5.43 Å². The fraction of sp³-hybridized carbons (Fsp3) is 0. The molecule has 1 heterocycles. The lowest BCUT2D eigenvalue weighted by Gasteiger charge is -1.98. The number of amides is 1. The summed E-state index contributed by atoms with van der Waals surface area (Å²) in [6.07, 6.45) is 4.04. The maximum absolute atomic E-state index is 11.8. The fourth-order valence-electron chi connectivity index (χ4n) is 1.63. The molecule has 1 aromatic heterocycles. The Morgan fingerprint density at radius 2 is 1.96 bits per heavy atom. The van der Waals surface area contributed by atoms with Crippen LogP contribution >= 0.6 is 0 Å². The number of furan rings is 1. The van der Waals surface area contributed by atoms with Gasteiger partial charge in [0, 0.05) is 23.9 Å². The predicted octanol–water partition coefficient (Wildman–Crippen LogP) is 2.53. The van der Waals surface area contributed by atoms with Gasteiger partial charge in [-0.15, -0.1) is 0 Å². The van der Waals surface area contributed by atoms with Gasteiger partial charge in [0.15, 0.2) is 0 Å². The number of nitrogens with one attached hydrogen (secondary N) is 1. The van der Waals surface area contributed by atoms with E-state index < -0.39 is 15.8 Å². The van der Waals surface area contributed by atoms with Gasteiger partial charge in [-0.05, 0) is 24.3 Å². The van der Waals surface area contributed by atoms with Crippen LogP contribution in [0.1, 0.15) is 16.1 Å². The van der Waals surface area contributed by atoms with Crippen LogP contribution in [0.2, 0.25) is 0 Å². The number of nitro benzene ring substituents is 1. The number of rotatable bonds is 6. The van der Waals surface area contributed by atoms with Crippen LogP contribution in [-0.2, 0) is 0 Å². The Balaban J connectivity index is 1.92. The highest BCUT2D eigenvalue weighted by Crippen LogP contribution is 2.16. The molecule has 122 valence electrons. The quantitative estimate of drug-likeness (QED) is 0.490. The zero-order chi connectivity index (χ0) is 17.5. The van der Waals surface area contributed by atoms with Crippen LogP contribution in [0.5, 0.6) is 0 Å². The lowest BCUT2D eigenvalue weighted by Crippen LogP contribution is -2.17. The molecule has 10 heteroatoms. The van der Waals surface area contributed by atoms with E-state index in [4.69, 9.17) is 4.42 Å². The standard InChI is InChI=1S/C14H10N4O6/c19-14(10-3-1-4-11(9-10)17(20)21)16-15-8-2-5-12-6-7-13(24-12)18(22)23/h1-9H,(H,16,19)/b5-2+,15-8-. The zero-order valence-corrected chi connectivity index (χ0v) is 12.0. The first-order chi connectivity index (χ1) is 11.5. The Morgan fingerprint density at radius 3 is 2.62 bits per heavy atom. The highest BCUT2D eigenvalue weighted by molar-refractivity contribution is 5.95. The first-order valence-electron chi connectivity index (χ1n) is 6.46. The molecule has 0 bridgehead atoms. The van der Waals surface area contributed by atoms with E-state index in [1.54, 1.807) is 0 Å². The number of carbonyl (C=O) groups excluding carboxylic acids is 1. The summed E-state index contributed by atoms with van der Waals surface area (Å²) in [4.78, 5) is 31.6. The van der Waals surface area contributed by atoms with Crippen molar-refractivity contribution >= 4 is 29.8 Å². The summed E-state index contributed by atoms with van der Waals surface area (Å²) < 4.78 is 4.88. The number of nitro groups is 2. The van der Waals surface area contributed by atoms with Gasteiger partial charge in [-0.25, -0.2) is 5.43 Å². The van der Waals surface area contributed by atoms with Crippen molar-refractivity contribution in [2.75, 3.05) is 0 Å². The van der Waals surface area contributed by atoms with Crippen molar-refractivity contribution in [2.24, 2.45) is 5.10 Å².